The molecule has 1 aromatic carbocycles. The molecule has 0 fully saturated rings. The molecule has 18 heavy (non-hydrogen) atoms. The zero-order chi connectivity index (χ0) is 13.1. The van der Waals surface area contributed by atoms with Gasteiger partial charge in [0.25, 0.3) is 0 Å². The first kappa shape index (κ1) is 12.2. The van der Waals surface area contributed by atoms with Crippen LogP contribution in [0.5, 0.6) is 5.75 Å². The number of esters is 1. The summed E-state index contributed by atoms with van der Waals surface area (Å²) in [7, 11) is 1.30. The third-order valence-corrected chi connectivity index (χ3v) is 2.56. The highest BCUT2D eigenvalue weighted by Crippen LogP contribution is 2.23. The number of para-hydroxylation sites is 1. The zero-order valence-electron chi connectivity index (χ0n) is 10.1. The predicted molar refractivity (Wildman–Crippen MR) is 66.7 cm³/mol. The molecule has 0 aliphatic rings. The number of carbonyl (C=O) groups is 1. The number of nitrogens with one attached hydrogen (secondary N) is 1. The summed E-state index contributed by atoms with van der Waals surface area (Å²) in [5, 5.41) is 0.837. The smallest absolute Gasteiger partial charge is 0.346 e. The van der Waals surface area contributed by atoms with E-state index in [0.29, 0.717) is 11.3 Å². The molecule has 1 aromatic heterocycles. The lowest BCUT2D eigenvalue weighted by Gasteiger charge is -2.13. The van der Waals surface area contributed by atoms with Crippen LogP contribution in [-0.4, -0.2) is 24.2 Å². The predicted octanol–water partition coefficient (Wildman–Crippen LogP) is 1.47. The molecule has 0 radical (unpaired) electrons. The number of carbonyl (C=O) groups excluding carboxylic acids is 1. The van der Waals surface area contributed by atoms with Crippen LogP contribution in [0.15, 0.2) is 35.1 Å². The van der Waals surface area contributed by atoms with E-state index in [2.05, 4.69) is 9.72 Å². The van der Waals surface area contributed by atoms with E-state index in [9.17, 15) is 9.59 Å². The normalized spacial score (nSPS) is 12.1. The minimum absolute atomic E-state index is 0.218. The number of hydrogen-bond donors (Lipinski definition) is 1. The van der Waals surface area contributed by atoms with Crippen LogP contribution < -0.4 is 10.3 Å². The summed E-state index contributed by atoms with van der Waals surface area (Å²) in [5.74, 6) is -0.0200. The van der Waals surface area contributed by atoms with E-state index >= 15 is 0 Å². The molecule has 5 nitrogen and oxygen atoms in total. The summed E-state index contributed by atoms with van der Waals surface area (Å²) >= 11 is 0. The van der Waals surface area contributed by atoms with Crippen molar-refractivity contribution in [3.63, 3.8) is 0 Å². The van der Waals surface area contributed by atoms with Gasteiger partial charge >= 0.3 is 5.97 Å². The Morgan fingerprint density at radius 3 is 2.78 bits per heavy atom. The van der Waals surface area contributed by atoms with Crippen molar-refractivity contribution in [2.24, 2.45) is 0 Å². The third kappa shape index (κ3) is 2.34. The van der Waals surface area contributed by atoms with Gasteiger partial charge in [-0.05, 0) is 19.1 Å². The number of rotatable bonds is 3. The molecule has 1 unspecified atom stereocenters. The number of hydrogen-bond acceptors (Lipinski definition) is 4. The standard InChI is InChI=1S/C13H13NO4/c1-8(13(16)17-2)18-10-5-3-4-9-6-7-11(15)14-12(9)10/h3-8H,1-2H3,(H,14,15). The van der Waals surface area contributed by atoms with Crippen molar-refractivity contribution >= 4 is 16.9 Å². The van der Waals surface area contributed by atoms with Gasteiger partial charge in [-0.25, -0.2) is 4.79 Å². The summed E-state index contributed by atoms with van der Waals surface area (Å²) in [4.78, 5) is 25.3. The Kier molecular flexibility index (Phi) is 3.32. The van der Waals surface area contributed by atoms with E-state index in [0.717, 1.165) is 5.39 Å². The molecule has 1 heterocycles. The number of methoxy groups -OCH3 is 1. The average molecular weight is 247 g/mol. The fraction of sp³-hybridized carbons (Fsp3) is 0.231. The van der Waals surface area contributed by atoms with Gasteiger partial charge in [-0.2, -0.15) is 0 Å². The van der Waals surface area contributed by atoms with Crippen LogP contribution in [0.3, 0.4) is 0 Å². The molecule has 5 heteroatoms. The molecule has 0 saturated heterocycles. The van der Waals surface area contributed by atoms with Crippen molar-refractivity contribution in [1.29, 1.82) is 0 Å². The highest BCUT2D eigenvalue weighted by Gasteiger charge is 2.16. The number of aromatic nitrogens is 1. The van der Waals surface area contributed by atoms with Crippen molar-refractivity contribution < 1.29 is 14.3 Å². The summed E-state index contributed by atoms with van der Waals surface area (Å²) < 4.78 is 10.1. The van der Waals surface area contributed by atoms with Gasteiger partial charge in [0.1, 0.15) is 5.75 Å². The summed E-state index contributed by atoms with van der Waals surface area (Å²) in [6.45, 7) is 1.59. The molecule has 1 atom stereocenters. The number of benzene rings is 1. The Morgan fingerprint density at radius 1 is 1.28 bits per heavy atom. The SMILES string of the molecule is COC(=O)C(C)Oc1cccc2ccc(=O)[nH]c12. The largest absolute Gasteiger partial charge is 0.477 e. The van der Waals surface area contributed by atoms with Crippen molar-refractivity contribution in [3.05, 3.63) is 40.7 Å². The second kappa shape index (κ2) is 4.91. The van der Waals surface area contributed by atoms with Crippen LogP contribution in [0.2, 0.25) is 0 Å². The lowest BCUT2D eigenvalue weighted by molar-refractivity contribution is -0.147. The lowest BCUT2D eigenvalue weighted by Crippen LogP contribution is -2.25. The summed E-state index contributed by atoms with van der Waals surface area (Å²) in [6, 6.07) is 8.47. The number of H-pyrrole nitrogens is 1. The van der Waals surface area contributed by atoms with Crippen molar-refractivity contribution in [2.45, 2.75) is 13.0 Å². The van der Waals surface area contributed by atoms with Gasteiger partial charge in [0.2, 0.25) is 5.56 Å². The monoisotopic (exact) mass is 247 g/mol. The van der Waals surface area contributed by atoms with Crippen LogP contribution in [0, 0.1) is 0 Å². The minimum Gasteiger partial charge on any atom is -0.477 e. The molecule has 0 spiro atoms. The Balaban J connectivity index is 2.42. The molecule has 1 N–H and O–H groups in total. The van der Waals surface area contributed by atoms with Crippen molar-refractivity contribution in [3.8, 4) is 5.75 Å². The van der Waals surface area contributed by atoms with E-state index in [-0.39, 0.29) is 5.56 Å². The second-order valence-corrected chi connectivity index (χ2v) is 3.83. The van der Waals surface area contributed by atoms with Gasteiger partial charge in [0, 0.05) is 11.5 Å². The van der Waals surface area contributed by atoms with Crippen molar-refractivity contribution in [1.82, 2.24) is 4.98 Å². The Bertz CT molecular complexity index is 632. The third-order valence-electron chi connectivity index (χ3n) is 2.56. The maximum absolute atomic E-state index is 11.3. The van der Waals surface area contributed by atoms with Gasteiger partial charge in [0.05, 0.1) is 12.6 Å². The Hall–Kier alpha value is -2.30. The first-order valence-corrected chi connectivity index (χ1v) is 5.48. The average Bonchev–Trinajstić information content (AvgIpc) is 2.38. The van der Waals surface area contributed by atoms with Gasteiger partial charge < -0.3 is 14.5 Å². The van der Waals surface area contributed by atoms with Gasteiger partial charge in [-0.3, -0.25) is 4.79 Å². The maximum atomic E-state index is 11.3. The molecular weight excluding hydrogens is 234 g/mol. The van der Waals surface area contributed by atoms with E-state index in [4.69, 9.17) is 4.74 Å². The Labute approximate surface area is 103 Å². The quantitative estimate of drug-likeness (QED) is 0.834. The highest BCUT2D eigenvalue weighted by molar-refractivity contribution is 5.84. The molecule has 0 bridgehead atoms. The Morgan fingerprint density at radius 2 is 2.06 bits per heavy atom. The molecular formula is C13H13NO4. The first-order valence-electron chi connectivity index (χ1n) is 5.48. The van der Waals surface area contributed by atoms with Gasteiger partial charge in [-0.15, -0.1) is 0 Å². The summed E-state index contributed by atoms with van der Waals surface area (Å²) in [6.07, 6.45) is -0.732. The number of aromatic amines is 1. The first-order chi connectivity index (χ1) is 8.61. The molecule has 0 saturated carbocycles. The molecule has 0 aliphatic heterocycles. The van der Waals surface area contributed by atoms with Crippen LogP contribution in [0.1, 0.15) is 6.92 Å². The van der Waals surface area contributed by atoms with Crippen LogP contribution in [0.4, 0.5) is 0 Å². The van der Waals surface area contributed by atoms with E-state index in [1.165, 1.54) is 13.2 Å². The zero-order valence-corrected chi connectivity index (χ0v) is 10.1. The molecule has 94 valence electrons. The van der Waals surface area contributed by atoms with Crippen molar-refractivity contribution in [2.75, 3.05) is 7.11 Å². The highest BCUT2D eigenvalue weighted by atomic mass is 16.6. The molecule has 0 amide bonds. The number of ether oxygens (including phenoxy) is 2. The number of pyridine rings is 1. The fourth-order valence-electron chi connectivity index (χ4n) is 1.65. The minimum atomic E-state index is -0.732. The molecule has 2 rings (SSSR count). The topological polar surface area (TPSA) is 68.4 Å². The van der Waals surface area contributed by atoms with E-state index in [1.807, 2.05) is 6.07 Å². The lowest BCUT2D eigenvalue weighted by atomic mass is 10.2. The van der Waals surface area contributed by atoms with Gasteiger partial charge in [-0.1, -0.05) is 12.1 Å². The molecule has 0 aliphatic carbocycles. The maximum Gasteiger partial charge on any atom is 0.346 e. The van der Waals surface area contributed by atoms with E-state index in [1.54, 1.807) is 25.1 Å². The molecule has 2 aromatic rings. The second-order valence-electron chi connectivity index (χ2n) is 3.83. The van der Waals surface area contributed by atoms with Crippen LogP contribution >= 0.6 is 0 Å². The number of fused-ring (bicyclic) bond motifs is 1. The van der Waals surface area contributed by atoms with Crippen LogP contribution in [0.25, 0.3) is 10.9 Å². The van der Waals surface area contributed by atoms with Crippen LogP contribution in [-0.2, 0) is 9.53 Å². The summed E-state index contributed by atoms with van der Waals surface area (Å²) in [5.41, 5.74) is 0.352. The van der Waals surface area contributed by atoms with Gasteiger partial charge in [0.15, 0.2) is 6.10 Å². The van der Waals surface area contributed by atoms with E-state index < -0.39 is 12.1 Å². The fourth-order valence-corrected chi connectivity index (χ4v) is 1.65.